The number of H-pyrrole nitrogens is 1. The number of nitro groups is 1. The first kappa shape index (κ1) is 13.7. The SMILES string of the molecule is COc1n[nH]c(NC(=O)c2c(Cl)cccc2[N+](=O)[O-])n1. The standard InChI is InChI=1S/C10H8ClN5O4/c1-20-10-13-9(14-15-10)12-8(17)7-5(11)3-2-4-6(7)16(18)19/h2-4H,1H3,(H2,12,13,14,15,17). The number of carbonyl (C=O) groups is 1. The van der Waals surface area contributed by atoms with Gasteiger partial charge in [0.2, 0.25) is 5.95 Å². The average Bonchev–Trinajstić information content (AvgIpc) is 2.85. The van der Waals surface area contributed by atoms with Gasteiger partial charge in [0.25, 0.3) is 11.6 Å². The molecule has 0 unspecified atom stereocenters. The minimum atomic E-state index is -0.777. The molecule has 0 fully saturated rings. The van der Waals surface area contributed by atoms with E-state index < -0.39 is 16.5 Å². The van der Waals surface area contributed by atoms with E-state index in [-0.39, 0.29) is 22.5 Å². The van der Waals surface area contributed by atoms with E-state index in [4.69, 9.17) is 16.3 Å². The number of methoxy groups -OCH3 is 1. The summed E-state index contributed by atoms with van der Waals surface area (Å²) in [4.78, 5) is 26.0. The van der Waals surface area contributed by atoms with E-state index in [2.05, 4.69) is 20.5 Å². The van der Waals surface area contributed by atoms with Crippen LogP contribution in [0.3, 0.4) is 0 Å². The normalized spacial score (nSPS) is 10.1. The minimum absolute atomic E-state index is 0.0129. The first-order valence-corrected chi connectivity index (χ1v) is 5.61. The molecule has 1 heterocycles. The Morgan fingerprint density at radius 1 is 1.55 bits per heavy atom. The summed E-state index contributed by atoms with van der Waals surface area (Å²) in [5.41, 5.74) is -0.656. The number of anilines is 1. The molecule has 0 saturated carbocycles. The van der Waals surface area contributed by atoms with Crippen LogP contribution in [-0.2, 0) is 0 Å². The second-order valence-electron chi connectivity index (χ2n) is 3.52. The zero-order valence-electron chi connectivity index (χ0n) is 10.1. The first-order chi connectivity index (χ1) is 9.52. The van der Waals surface area contributed by atoms with Crippen molar-refractivity contribution in [3.05, 3.63) is 38.9 Å². The van der Waals surface area contributed by atoms with Crippen molar-refractivity contribution in [2.45, 2.75) is 0 Å². The molecule has 2 N–H and O–H groups in total. The molecular formula is C10H8ClN5O4. The van der Waals surface area contributed by atoms with Gasteiger partial charge < -0.3 is 4.74 Å². The lowest BCUT2D eigenvalue weighted by Crippen LogP contribution is -2.15. The molecule has 20 heavy (non-hydrogen) atoms. The number of nitrogens with zero attached hydrogens (tertiary/aromatic N) is 3. The van der Waals surface area contributed by atoms with Gasteiger partial charge in [-0.25, -0.2) is 5.10 Å². The number of nitrogens with one attached hydrogen (secondary N) is 2. The van der Waals surface area contributed by atoms with Gasteiger partial charge in [-0.3, -0.25) is 20.2 Å². The average molecular weight is 298 g/mol. The molecule has 0 radical (unpaired) electrons. The summed E-state index contributed by atoms with van der Waals surface area (Å²) in [6, 6.07) is 3.97. The number of hydrogen-bond acceptors (Lipinski definition) is 6. The summed E-state index contributed by atoms with van der Waals surface area (Å²) >= 11 is 5.83. The zero-order valence-corrected chi connectivity index (χ0v) is 10.8. The number of benzene rings is 1. The van der Waals surface area contributed by atoms with Gasteiger partial charge in [0.1, 0.15) is 5.56 Å². The number of hydrogen-bond donors (Lipinski definition) is 2. The van der Waals surface area contributed by atoms with Crippen molar-refractivity contribution in [1.29, 1.82) is 0 Å². The molecule has 0 atom stereocenters. The van der Waals surface area contributed by atoms with Crippen molar-refractivity contribution in [3.8, 4) is 6.01 Å². The number of rotatable bonds is 4. The maximum Gasteiger partial charge on any atom is 0.336 e. The van der Waals surface area contributed by atoms with Gasteiger partial charge >= 0.3 is 6.01 Å². The molecule has 1 aromatic carbocycles. The number of carbonyl (C=O) groups excluding carboxylic acids is 1. The van der Waals surface area contributed by atoms with Crippen LogP contribution in [0.2, 0.25) is 5.02 Å². The lowest BCUT2D eigenvalue weighted by molar-refractivity contribution is -0.385. The minimum Gasteiger partial charge on any atom is -0.466 e. The van der Waals surface area contributed by atoms with E-state index >= 15 is 0 Å². The fourth-order valence-corrected chi connectivity index (χ4v) is 1.71. The fourth-order valence-electron chi connectivity index (χ4n) is 1.45. The van der Waals surface area contributed by atoms with E-state index in [9.17, 15) is 14.9 Å². The van der Waals surface area contributed by atoms with Gasteiger partial charge in [-0.05, 0) is 6.07 Å². The highest BCUT2D eigenvalue weighted by Crippen LogP contribution is 2.26. The number of amides is 1. The van der Waals surface area contributed by atoms with Gasteiger partial charge in [-0.15, -0.1) is 5.10 Å². The molecule has 0 saturated heterocycles. The van der Waals surface area contributed by atoms with Gasteiger partial charge in [0.05, 0.1) is 17.1 Å². The second kappa shape index (κ2) is 5.53. The summed E-state index contributed by atoms with van der Waals surface area (Å²) in [5.74, 6) is -0.790. The molecule has 0 bridgehead atoms. The molecule has 10 heteroatoms. The summed E-state index contributed by atoms with van der Waals surface area (Å²) in [6.45, 7) is 0. The lowest BCUT2D eigenvalue weighted by atomic mass is 10.1. The first-order valence-electron chi connectivity index (χ1n) is 5.23. The summed E-state index contributed by atoms with van der Waals surface area (Å²) < 4.78 is 4.73. The van der Waals surface area contributed by atoms with E-state index in [0.717, 1.165) is 0 Å². The van der Waals surface area contributed by atoms with Gasteiger partial charge in [0.15, 0.2) is 0 Å². The zero-order chi connectivity index (χ0) is 14.7. The lowest BCUT2D eigenvalue weighted by Gasteiger charge is -2.04. The van der Waals surface area contributed by atoms with E-state index in [1.165, 1.54) is 25.3 Å². The highest BCUT2D eigenvalue weighted by molar-refractivity contribution is 6.35. The summed E-state index contributed by atoms with van der Waals surface area (Å²) in [6.07, 6.45) is 0. The Balaban J connectivity index is 2.31. The van der Waals surface area contributed by atoms with Crippen molar-refractivity contribution >= 4 is 29.1 Å². The van der Waals surface area contributed by atoms with Gasteiger partial charge in [-0.1, -0.05) is 17.7 Å². The largest absolute Gasteiger partial charge is 0.466 e. The van der Waals surface area contributed by atoms with Gasteiger partial charge in [-0.2, -0.15) is 4.98 Å². The van der Waals surface area contributed by atoms with Crippen LogP contribution in [0.5, 0.6) is 6.01 Å². The Bertz CT molecular complexity index is 671. The predicted octanol–water partition coefficient (Wildman–Crippen LogP) is 1.63. The number of aromatic nitrogens is 3. The summed E-state index contributed by atoms with van der Waals surface area (Å²) in [7, 11) is 1.35. The van der Waals surface area contributed by atoms with Crippen molar-refractivity contribution < 1.29 is 14.5 Å². The van der Waals surface area contributed by atoms with Crippen LogP contribution in [-0.4, -0.2) is 33.1 Å². The fraction of sp³-hybridized carbons (Fsp3) is 0.100. The van der Waals surface area contributed by atoms with Crippen molar-refractivity contribution in [1.82, 2.24) is 15.2 Å². The van der Waals surface area contributed by atoms with Crippen LogP contribution in [0.4, 0.5) is 11.6 Å². The molecule has 104 valence electrons. The Kier molecular flexibility index (Phi) is 3.80. The quantitative estimate of drug-likeness (QED) is 0.653. The van der Waals surface area contributed by atoms with Crippen LogP contribution in [0.1, 0.15) is 10.4 Å². The molecule has 1 aromatic heterocycles. The maximum atomic E-state index is 12.0. The topological polar surface area (TPSA) is 123 Å². The van der Waals surface area contributed by atoms with Crippen molar-refractivity contribution in [3.63, 3.8) is 0 Å². The third kappa shape index (κ3) is 2.67. The van der Waals surface area contributed by atoms with E-state index in [1.54, 1.807) is 0 Å². The molecular weight excluding hydrogens is 290 g/mol. The third-order valence-corrected chi connectivity index (χ3v) is 2.61. The van der Waals surface area contributed by atoms with E-state index in [1.807, 2.05) is 0 Å². The Morgan fingerprint density at radius 2 is 2.30 bits per heavy atom. The number of aromatic amines is 1. The molecule has 0 aliphatic rings. The van der Waals surface area contributed by atoms with Crippen LogP contribution in [0.25, 0.3) is 0 Å². The molecule has 0 spiro atoms. The van der Waals surface area contributed by atoms with Gasteiger partial charge in [0, 0.05) is 6.07 Å². The highest BCUT2D eigenvalue weighted by atomic mass is 35.5. The molecule has 2 aromatic rings. The number of ether oxygens (including phenoxy) is 1. The van der Waals surface area contributed by atoms with Crippen LogP contribution >= 0.6 is 11.6 Å². The Labute approximate surface area is 117 Å². The Hall–Kier alpha value is -2.68. The number of nitro benzene ring substituents is 1. The van der Waals surface area contributed by atoms with Crippen molar-refractivity contribution in [2.75, 3.05) is 12.4 Å². The second-order valence-corrected chi connectivity index (χ2v) is 3.92. The Morgan fingerprint density at radius 3 is 2.90 bits per heavy atom. The molecule has 1 amide bonds. The van der Waals surface area contributed by atoms with Crippen molar-refractivity contribution in [2.24, 2.45) is 0 Å². The molecule has 9 nitrogen and oxygen atoms in total. The smallest absolute Gasteiger partial charge is 0.336 e. The maximum absolute atomic E-state index is 12.0. The van der Waals surface area contributed by atoms with Crippen LogP contribution in [0.15, 0.2) is 18.2 Å². The molecule has 2 rings (SSSR count). The predicted molar refractivity (Wildman–Crippen MR) is 69.0 cm³/mol. The van der Waals surface area contributed by atoms with E-state index in [0.29, 0.717) is 0 Å². The third-order valence-electron chi connectivity index (χ3n) is 2.29. The monoisotopic (exact) mass is 297 g/mol. The highest BCUT2D eigenvalue weighted by Gasteiger charge is 2.24. The molecule has 0 aliphatic carbocycles. The van der Waals surface area contributed by atoms with Crippen LogP contribution in [0, 0.1) is 10.1 Å². The summed E-state index contributed by atoms with van der Waals surface area (Å²) in [5, 5.41) is 19.2. The van der Waals surface area contributed by atoms with Crippen LogP contribution < -0.4 is 10.1 Å². The number of halogens is 1. The molecule has 0 aliphatic heterocycles.